The quantitative estimate of drug-likeness (QED) is 0.106. The molecule has 58 heavy (non-hydrogen) atoms. The highest BCUT2D eigenvalue weighted by Crippen LogP contribution is 2.37. The third-order valence-electron chi connectivity index (χ3n) is 6.86. The van der Waals surface area contributed by atoms with Gasteiger partial charge in [-0.2, -0.15) is 39.5 Å². The third kappa shape index (κ3) is 14.1. The molecule has 0 spiro atoms. The van der Waals surface area contributed by atoms with Crippen molar-refractivity contribution in [1.82, 2.24) is 20.3 Å². The summed E-state index contributed by atoms with van der Waals surface area (Å²) in [6, 6.07) is 13.6. The van der Waals surface area contributed by atoms with E-state index in [1.165, 1.54) is 42.9 Å². The van der Waals surface area contributed by atoms with Gasteiger partial charge in [-0.3, -0.25) is 4.79 Å². The molecule has 2 aromatic carbocycles. The lowest BCUT2D eigenvalue weighted by Gasteiger charge is -2.14. The van der Waals surface area contributed by atoms with E-state index in [0.717, 1.165) is 12.1 Å². The Bertz CT molecular complexity index is 2220. The van der Waals surface area contributed by atoms with Crippen molar-refractivity contribution in [3.05, 3.63) is 94.9 Å². The number of hydrogen-bond donors (Lipinski definition) is 5. The normalized spacial score (nSPS) is 12.7. The van der Waals surface area contributed by atoms with Crippen molar-refractivity contribution in [2.75, 3.05) is 29.5 Å². The van der Waals surface area contributed by atoms with E-state index >= 15 is 0 Å². The summed E-state index contributed by atoms with van der Waals surface area (Å²) < 4.78 is 133. The van der Waals surface area contributed by atoms with Gasteiger partial charge < -0.3 is 30.9 Å². The van der Waals surface area contributed by atoms with Gasteiger partial charge in [-0.15, -0.1) is 0 Å². The number of pyridine rings is 1. The number of halogens is 10. The summed E-state index contributed by atoms with van der Waals surface area (Å²) in [4.78, 5) is 43.2. The van der Waals surface area contributed by atoms with Gasteiger partial charge >= 0.3 is 30.5 Å². The Labute approximate surface area is 325 Å². The zero-order chi connectivity index (χ0) is 43.5. The molecule has 0 atom stereocenters. The molecule has 2 aromatic heterocycles. The number of fused-ring (bicyclic) bond motifs is 1. The number of hydrogen-bond acceptors (Lipinski definition) is 11. The number of aromatic nitrogens is 3. The van der Waals surface area contributed by atoms with Crippen LogP contribution < -0.4 is 20.7 Å². The lowest BCUT2D eigenvalue weighted by atomic mass is 10.1. The van der Waals surface area contributed by atoms with Crippen LogP contribution in [-0.4, -0.2) is 82.6 Å². The van der Waals surface area contributed by atoms with Gasteiger partial charge in [-0.25, -0.2) is 33.0 Å². The number of ether oxygens (including phenoxy) is 1. The van der Waals surface area contributed by atoms with Crippen LogP contribution in [0.2, 0.25) is 5.02 Å². The second-order valence-electron chi connectivity index (χ2n) is 11.1. The Morgan fingerprint density at radius 1 is 0.862 bits per heavy atom. The van der Waals surface area contributed by atoms with Crippen molar-refractivity contribution in [2.24, 2.45) is 0 Å². The summed E-state index contributed by atoms with van der Waals surface area (Å²) in [6.07, 6.45) is -10.0. The number of carboxylic acid groups (broad SMARTS) is 2. The first-order chi connectivity index (χ1) is 26.9. The number of carbonyl (C=O) groups is 3. The first-order valence-electron chi connectivity index (χ1n) is 15.6. The van der Waals surface area contributed by atoms with Crippen LogP contribution in [0.25, 0.3) is 6.08 Å². The molecular formula is C33H26ClF9N6O8S. The summed E-state index contributed by atoms with van der Waals surface area (Å²) >= 11 is 6.39. The molecule has 3 heterocycles. The molecule has 1 aliphatic heterocycles. The maximum Gasteiger partial charge on any atom is 0.490 e. The number of sulfone groups is 1. The van der Waals surface area contributed by atoms with Crippen LogP contribution in [0, 0.1) is 0 Å². The topological polar surface area (TPSA) is 210 Å². The number of anilines is 3. The average Bonchev–Trinajstić information content (AvgIpc) is 3.36. The average molecular weight is 873 g/mol. The highest BCUT2D eigenvalue weighted by atomic mass is 35.5. The Morgan fingerprint density at radius 3 is 2.09 bits per heavy atom. The minimum absolute atomic E-state index is 0.0279. The Kier molecular flexibility index (Phi) is 15.4. The van der Waals surface area contributed by atoms with E-state index in [-0.39, 0.29) is 33.8 Å². The van der Waals surface area contributed by atoms with E-state index in [9.17, 15) is 52.7 Å². The fourth-order valence-corrected chi connectivity index (χ4v) is 5.53. The lowest BCUT2D eigenvalue weighted by molar-refractivity contribution is -0.193. The number of carboxylic acids is 2. The van der Waals surface area contributed by atoms with Crippen molar-refractivity contribution in [3.63, 3.8) is 0 Å². The zero-order valence-electron chi connectivity index (χ0n) is 28.7. The van der Waals surface area contributed by atoms with Crippen LogP contribution in [0.1, 0.15) is 17.5 Å². The van der Waals surface area contributed by atoms with Gasteiger partial charge in [0.1, 0.15) is 29.5 Å². The second-order valence-corrected chi connectivity index (χ2v) is 13.5. The number of nitrogens with one attached hydrogen (secondary N) is 3. The van der Waals surface area contributed by atoms with Crippen LogP contribution in [0.5, 0.6) is 11.5 Å². The van der Waals surface area contributed by atoms with E-state index in [2.05, 4.69) is 30.9 Å². The summed E-state index contributed by atoms with van der Waals surface area (Å²) in [6.45, 7) is 0.279. The monoisotopic (exact) mass is 872 g/mol. The van der Waals surface area contributed by atoms with Crippen molar-refractivity contribution in [1.29, 1.82) is 0 Å². The van der Waals surface area contributed by atoms with Crippen molar-refractivity contribution in [3.8, 4) is 11.5 Å². The molecule has 14 nitrogen and oxygen atoms in total. The molecule has 0 bridgehead atoms. The minimum Gasteiger partial charge on any atom is -0.475 e. The molecule has 0 saturated heterocycles. The van der Waals surface area contributed by atoms with Gasteiger partial charge in [-0.1, -0.05) is 23.7 Å². The molecule has 5 N–H and O–H groups in total. The number of benzene rings is 2. The molecule has 1 amide bonds. The number of carbonyl (C=O) groups excluding carboxylic acids is 1. The van der Waals surface area contributed by atoms with Gasteiger partial charge in [0.25, 0.3) is 0 Å². The maximum atomic E-state index is 13.1. The molecule has 0 saturated carbocycles. The smallest absolute Gasteiger partial charge is 0.475 e. The summed E-state index contributed by atoms with van der Waals surface area (Å²) in [7, 11) is -3.67. The largest absolute Gasteiger partial charge is 0.490 e. The molecule has 5 rings (SSSR count). The van der Waals surface area contributed by atoms with E-state index in [1.807, 2.05) is 0 Å². The van der Waals surface area contributed by atoms with Crippen molar-refractivity contribution >= 4 is 62.7 Å². The Morgan fingerprint density at radius 2 is 1.52 bits per heavy atom. The number of alkyl halides is 9. The predicted molar refractivity (Wildman–Crippen MR) is 186 cm³/mol. The molecule has 0 unspecified atom stereocenters. The molecule has 0 fully saturated rings. The summed E-state index contributed by atoms with van der Waals surface area (Å²) in [5, 5.41) is 23.2. The second kappa shape index (κ2) is 19.3. The van der Waals surface area contributed by atoms with Gasteiger partial charge in [0, 0.05) is 30.5 Å². The van der Waals surface area contributed by atoms with E-state index in [1.54, 1.807) is 24.3 Å². The van der Waals surface area contributed by atoms with Crippen molar-refractivity contribution in [2.45, 2.75) is 30.0 Å². The SMILES string of the molecule is O=C(NCCS(=O)(=O)c1ccccn1)C1=Cc2c(ncnc2Nc2ccc(Oc3cccc(C(F)(F)F)c3)c(Cl)c2)NCC1.O=C(O)C(F)(F)F.O=C(O)C(F)(F)F. The van der Waals surface area contributed by atoms with Gasteiger partial charge in [0.2, 0.25) is 5.91 Å². The third-order valence-corrected chi connectivity index (χ3v) is 8.78. The van der Waals surface area contributed by atoms with Gasteiger partial charge in [0.15, 0.2) is 14.9 Å². The Hall–Kier alpha value is -6.17. The van der Waals surface area contributed by atoms with E-state index < -0.39 is 51.8 Å². The molecule has 25 heteroatoms. The number of amides is 1. The van der Waals surface area contributed by atoms with Crippen molar-refractivity contribution < 1.29 is 77.3 Å². The zero-order valence-corrected chi connectivity index (χ0v) is 30.3. The Balaban J connectivity index is 0.000000550. The summed E-state index contributed by atoms with van der Waals surface area (Å²) in [5.41, 5.74) is 0.498. The number of nitrogens with zero attached hydrogens (tertiary/aromatic N) is 3. The predicted octanol–water partition coefficient (Wildman–Crippen LogP) is 7.14. The van der Waals surface area contributed by atoms with E-state index in [4.69, 9.17) is 36.1 Å². The minimum atomic E-state index is -5.08. The molecular weight excluding hydrogens is 847 g/mol. The van der Waals surface area contributed by atoms with Crippen LogP contribution >= 0.6 is 11.6 Å². The number of aliphatic carboxylic acids is 2. The lowest BCUT2D eigenvalue weighted by Crippen LogP contribution is -2.30. The fourth-order valence-electron chi connectivity index (χ4n) is 4.22. The highest BCUT2D eigenvalue weighted by molar-refractivity contribution is 7.91. The maximum absolute atomic E-state index is 13.1. The molecule has 1 aliphatic rings. The molecule has 0 aliphatic carbocycles. The first-order valence-corrected chi connectivity index (χ1v) is 17.6. The van der Waals surface area contributed by atoms with Gasteiger partial charge in [0.05, 0.1) is 21.9 Å². The molecule has 0 radical (unpaired) electrons. The van der Waals surface area contributed by atoms with Crippen LogP contribution in [0.15, 0.2) is 83.8 Å². The highest BCUT2D eigenvalue weighted by Gasteiger charge is 2.39. The molecule has 4 aromatic rings. The standard InChI is InChI=1S/C29H24ClF3N6O4S.2C2HF3O2/c30-23-16-20(7-8-24(23)43-21-5-3-4-19(15-21)29(31,32)33)39-27-22-14-18(9-11-35-26(22)37-17-38-27)28(40)36-12-13-44(41,42)25-6-1-2-10-34-25;2*3-2(4,5)1(6)7/h1-8,10,14-17H,9,11-13H2,(H,36,40)(H2,35,37,38,39);2*(H,6,7). The first kappa shape index (κ1) is 46.2. The van der Waals surface area contributed by atoms with E-state index in [0.29, 0.717) is 41.4 Å². The number of rotatable bonds is 9. The summed E-state index contributed by atoms with van der Waals surface area (Å²) in [5.74, 6) is -5.34. The van der Waals surface area contributed by atoms with Crippen LogP contribution in [0.3, 0.4) is 0 Å². The fraction of sp³-hybridized carbons (Fsp3) is 0.212. The van der Waals surface area contributed by atoms with Crippen LogP contribution in [0.4, 0.5) is 56.8 Å². The van der Waals surface area contributed by atoms with Gasteiger partial charge in [-0.05, 0) is 61.0 Å². The molecule has 312 valence electrons. The van der Waals surface area contributed by atoms with Crippen LogP contribution in [-0.2, 0) is 30.4 Å².